The van der Waals surface area contributed by atoms with Gasteiger partial charge >= 0.3 is 0 Å². The number of rotatable bonds is 8. The average molecular weight is 355 g/mol. The number of benzene rings is 2. The number of nitrogens with one attached hydrogen (secondary N) is 1. The Kier molecular flexibility index (Phi) is 6.78. The zero-order valence-electron chi connectivity index (χ0n) is 15.7. The molecular formula is C21H25NO4. The van der Waals surface area contributed by atoms with Crippen molar-refractivity contribution < 1.29 is 19.1 Å². The number of Topliss-reactive ketones (excluding diaryl/α,β-unsaturated/α-hetero) is 1. The Morgan fingerprint density at radius 1 is 1.08 bits per heavy atom. The zero-order chi connectivity index (χ0) is 19.1. The second kappa shape index (κ2) is 9.04. The van der Waals surface area contributed by atoms with Crippen LogP contribution in [0.2, 0.25) is 0 Å². The van der Waals surface area contributed by atoms with Crippen molar-refractivity contribution in [3.05, 3.63) is 59.2 Å². The number of amides is 1. The number of ketones is 1. The minimum Gasteiger partial charge on any atom is -0.496 e. The van der Waals surface area contributed by atoms with Crippen LogP contribution in [0.25, 0.3) is 0 Å². The van der Waals surface area contributed by atoms with Crippen LogP contribution in [0.15, 0.2) is 42.5 Å². The smallest absolute Gasteiger partial charge is 0.224 e. The van der Waals surface area contributed by atoms with E-state index in [1.165, 1.54) is 6.92 Å². The third-order valence-corrected chi connectivity index (χ3v) is 3.82. The Bertz CT molecular complexity index is 766. The molecule has 0 aliphatic heterocycles. The Balaban J connectivity index is 1.96. The number of carbonyl (C=O) groups is 2. The topological polar surface area (TPSA) is 64.6 Å². The van der Waals surface area contributed by atoms with Crippen LogP contribution < -0.4 is 14.8 Å². The molecule has 0 unspecified atom stereocenters. The fraction of sp³-hybridized carbons (Fsp3) is 0.333. The largest absolute Gasteiger partial charge is 0.496 e. The molecule has 0 radical (unpaired) electrons. The van der Waals surface area contributed by atoms with Crippen molar-refractivity contribution in [3.8, 4) is 11.5 Å². The van der Waals surface area contributed by atoms with Gasteiger partial charge in [-0.2, -0.15) is 0 Å². The molecule has 0 saturated heterocycles. The van der Waals surface area contributed by atoms with Gasteiger partial charge in [0.2, 0.25) is 5.91 Å². The van der Waals surface area contributed by atoms with Gasteiger partial charge in [-0.25, -0.2) is 0 Å². The summed E-state index contributed by atoms with van der Waals surface area (Å²) in [6.07, 6.45) is 0.278. The third kappa shape index (κ3) is 5.62. The lowest BCUT2D eigenvalue weighted by molar-refractivity contribution is -0.120. The van der Waals surface area contributed by atoms with Crippen LogP contribution in [0.5, 0.6) is 11.5 Å². The summed E-state index contributed by atoms with van der Waals surface area (Å²) in [6.45, 7) is 5.88. The maximum atomic E-state index is 12.3. The van der Waals surface area contributed by atoms with Crippen molar-refractivity contribution in [3.63, 3.8) is 0 Å². The first-order chi connectivity index (χ1) is 12.4. The fourth-order valence-electron chi connectivity index (χ4n) is 2.53. The van der Waals surface area contributed by atoms with Crippen LogP contribution in [0.3, 0.4) is 0 Å². The molecular weight excluding hydrogens is 330 g/mol. The highest BCUT2D eigenvalue weighted by Gasteiger charge is 2.11. The molecule has 0 aliphatic carbocycles. The van der Waals surface area contributed by atoms with Gasteiger partial charge in [0.25, 0.3) is 0 Å². The van der Waals surface area contributed by atoms with E-state index in [1.807, 2.05) is 38.1 Å². The highest BCUT2D eigenvalue weighted by atomic mass is 16.5. The minimum atomic E-state index is -0.133. The van der Waals surface area contributed by atoms with E-state index < -0.39 is 0 Å². The van der Waals surface area contributed by atoms with Gasteiger partial charge in [0.15, 0.2) is 5.78 Å². The predicted molar refractivity (Wildman–Crippen MR) is 101 cm³/mol. The van der Waals surface area contributed by atoms with Crippen molar-refractivity contribution in [2.45, 2.75) is 39.8 Å². The van der Waals surface area contributed by atoms with Crippen LogP contribution in [0.1, 0.15) is 42.3 Å². The standard InChI is InChI=1S/C21H25NO4/c1-14(2)26-19-8-5-16(6-9-19)13-22-21(24)12-18-11-17(15(3)23)7-10-20(18)25-4/h5-11,14H,12-13H2,1-4H3,(H,22,24). The van der Waals surface area contributed by atoms with Crippen LogP contribution in [-0.4, -0.2) is 24.9 Å². The summed E-state index contributed by atoms with van der Waals surface area (Å²) >= 11 is 0. The molecule has 2 aromatic carbocycles. The highest BCUT2D eigenvalue weighted by molar-refractivity contribution is 5.94. The van der Waals surface area contributed by atoms with Gasteiger partial charge in [0, 0.05) is 17.7 Å². The SMILES string of the molecule is COc1ccc(C(C)=O)cc1CC(=O)NCc1ccc(OC(C)C)cc1. The maximum absolute atomic E-state index is 12.3. The van der Waals surface area contributed by atoms with E-state index in [0.29, 0.717) is 23.4 Å². The Labute approximate surface area is 154 Å². The Hall–Kier alpha value is -2.82. The van der Waals surface area contributed by atoms with Crippen LogP contribution in [0.4, 0.5) is 0 Å². The summed E-state index contributed by atoms with van der Waals surface area (Å²) in [6, 6.07) is 12.8. The second-order valence-corrected chi connectivity index (χ2v) is 6.35. The zero-order valence-corrected chi connectivity index (χ0v) is 15.7. The lowest BCUT2D eigenvalue weighted by Crippen LogP contribution is -2.24. The molecule has 2 rings (SSSR count). The molecule has 0 heterocycles. The molecule has 5 heteroatoms. The van der Waals surface area contributed by atoms with Gasteiger partial charge in [0.1, 0.15) is 11.5 Å². The molecule has 0 aliphatic rings. The maximum Gasteiger partial charge on any atom is 0.224 e. The van der Waals surface area contributed by atoms with E-state index in [2.05, 4.69) is 5.32 Å². The van der Waals surface area contributed by atoms with Crippen molar-refractivity contribution in [2.24, 2.45) is 0 Å². The quantitative estimate of drug-likeness (QED) is 0.736. The molecule has 0 aromatic heterocycles. The first-order valence-corrected chi connectivity index (χ1v) is 8.59. The van der Waals surface area contributed by atoms with E-state index >= 15 is 0 Å². The molecule has 0 bridgehead atoms. The van der Waals surface area contributed by atoms with Crippen LogP contribution in [-0.2, 0) is 17.8 Å². The monoisotopic (exact) mass is 355 g/mol. The molecule has 1 N–H and O–H groups in total. The molecule has 2 aromatic rings. The minimum absolute atomic E-state index is 0.0435. The predicted octanol–water partition coefficient (Wildman–Crippen LogP) is 3.54. The lowest BCUT2D eigenvalue weighted by Gasteiger charge is -2.12. The van der Waals surface area contributed by atoms with Gasteiger partial charge in [-0.3, -0.25) is 9.59 Å². The van der Waals surface area contributed by atoms with Crippen molar-refractivity contribution in [2.75, 3.05) is 7.11 Å². The van der Waals surface area contributed by atoms with Crippen molar-refractivity contribution in [1.29, 1.82) is 0 Å². The summed E-state index contributed by atoms with van der Waals surface area (Å²) in [5, 5.41) is 2.89. The van der Waals surface area contributed by atoms with Crippen LogP contribution >= 0.6 is 0 Å². The first-order valence-electron chi connectivity index (χ1n) is 8.59. The van der Waals surface area contributed by atoms with E-state index in [4.69, 9.17) is 9.47 Å². The first kappa shape index (κ1) is 19.5. The fourth-order valence-corrected chi connectivity index (χ4v) is 2.53. The van der Waals surface area contributed by atoms with Gasteiger partial charge in [0.05, 0.1) is 19.6 Å². The van der Waals surface area contributed by atoms with E-state index in [0.717, 1.165) is 11.3 Å². The number of hydrogen-bond donors (Lipinski definition) is 1. The van der Waals surface area contributed by atoms with Crippen molar-refractivity contribution in [1.82, 2.24) is 5.32 Å². The summed E-state index contributed by atoms with van der Waals surface area (Å²) < 4.78 is 10.9. The molecule has 0 saturated carbocycles. The number of carbonyl (C=O) groups excluding carboxylic acids is 2. The van der Waals surface area contributed by atoms with Gasteiger partial charge in [-0.15, -0.1) is 0 Å². The van der Waals surface area contributed by atoms with E-state index in [1.54, 1.807) is 25.3 Å². The second-order valence-electron chi connectivity index (χ2n) is 6.35. The molecule has 26 heavy (non-hydrogen) atoms. The molecule has 0 spiro atoms. The van der Waals surface area contributed by atoms with E-state index in [-0.39, 0.29) is 24.2 Å². The van der Waals surface area contributed by atoms with Gasteiger partial charge in [-0.1, -0.05) is 12.1 Å². The number of hydrogen-bond acceptors (Lipinski definition) is 4. The van der Waals surface area contributed by atoms with E-state index in [9.17, 15) is 9.59 Å². The average Bonchev–Trinajstić information content (AvgIpc) is 2.60. The summed E-state index contributed by atoms with van der Waals surface area (Å²) in [4.78, 5) is 23.8. The Morgan fingerprint density at radius 3 is 2.35 bits per heavy atom. The summed E-state index contributed by atoms with van der Waals surface area (Å²) in [7, 11) is 1.55. The normalized spacial score (nSPS) is 10.5. The molecule has 1 amide bonds. The number of methoxy groups -OCH3 is 1. The molecule has 138 valence electrons. The molecule has 0 atom stereocenters. The van der Waals surface area contributed by atoms with Gasteiger partial charge < -0.3 is 14.8 Å². The lowest BCUT2D eigenvalue weighted by atomic mass is 10.0. The Morgan fingerprint density at radius 2 is 1.77 bits per heavy atom. The third-order valence-electron chi connectivity index (χ3n) is 3.82. The highest BCUT2D eigenvalue weighted by Crippen LogP contribution is 2.21. The summed E-state index contributed by atoms with van der Waals surface area (Å²) in [5.41, 5.74) is 2.24. The molecule has 0 fully saturated rings. The summed E-state index contributed by atoms with van der Waals surface area (Å²) in [5.74, 6) is 1.23. The van der Waals surface area contributed by atoms with Gasteiger partial charge in [-0.05, 0) is 56.7 Å². The number of ether oxygens (including phenoxy) is 2. The van der Waals surface area contributed by atoms with Crippen LogP contribution in [0, 0.1) is 0 Å². The molecule has 5 nitrogen and oxygen atoms in total. The van der Waals surface area contributed by atoms with Crippen molar-refractivity contribution >= 4 is 11.7 Å².